The summed E-state index contributed by atoms with van der Waals surface area (Å²) in [6, 6.07) is 5.83. The van der Waals surface area contributed by atoms with Gasteiger partial charge in [0.15, 0.2) is 5.82 Å². The highest BCUT2D eigenvalue weighted by atomic mass is 32.1. The Morgan fingerprint density at radius 3 is 2.95 bits per heavy atom. The predicted octanol–water partition coefficient (Wildman–Crippen LogP) is 3.99. The first kappa shape index (κ1) is 12.5. The molecule has 0 aliphatic carbocycles. The van der Waals surface area contributed by atoms with Crippen molar-refractivity contribution in [3.05, 3.63) is 46.2 Å². The monoisotopic (exact) mass is 314 g/mol. The van der Waals surface area contributed by atoms with Gasteiger partial charge in [-0.15, -0.1) is 21.5 Å². The van der Waals surface area contributed by atoms with E-state index in [1.54, 1.807) is 22.1 Å². The zero-order chi connectivity index (χ0) is 14.2. The molecule has 4 rings (SSSR count). The lowest BCUT2D eigenvalue weighted by atomic mass is 10.3. The van der Waals surface area contributed by atoms with Crippen LogP contribution in [0, 0.1) is 6.92 Å². The van der Waals surface area contributed by atoms with Crippen molar-refractivity contribution in [2.45, 2.75) is 6.92 Å². The second kappa shape index (κ2) is 4.94. The highest BCUT2D eigenvalue weighted by molar-refractivity contribution is 7.17. The summed E-state index contributed by atoms with van der Waals surface area (Å²) in [5.74, 6) is 1.60. The van der Waals surface area contributed by atoms with Crippen LogP contribution in [0.2, 0.25) is 0 Å². The van der Waals surface area contributed by atoms with E-state index in [-0.39, 0.29) is 0 Å². The van der Waals surface area contributed by atoms with Crippen LogP contribution >= 0.6 is 22.7 Å². The quantitative estimate of drug-likeness (QED) is 0.574. The largest absolute Gasteiger partial charge is 0.465 e. The van der Waals surface area contributed by atoms with Crippen molar-refractivity contribution in [2.24, 2.45) is 0 Å². The molecule has 0 aromatic carbocycles. The first-order valence-corrected chi connectivity index (χ1v) is 7.99. The molecule has 0 saturated carbocycles. The molecular formula is C14H10N4OS2. The number of aromatic nitrogens is 4. The van der Waals surface area contributed by atoms with E-state index in [9.17, 15) is 0 Å². The number of thiophene rings is 1. The van der Waals surface area contributed by atoms with Crippen LogP contribution in [0.15, 0.2) is 34.3 Å². The fraction of sp³-hybridized carbons (Fsp3) is 0.0714. The van der Waals surface area contributed by atoms with Gasteiger partial charge in [-0.1, -0.05) is 11.3 Å². The first-order chi connectivity index (χ1) is 10.3. The van der Waals surface area contributed by atoms with Gasteiger partial charge in [-0.25, -0.2) is 0 Å². The Balaban J connectivity index is 1.74. The van der Waals surface area contributed by atoms with Crippen LogP contribution in [0.4, 0.5) is 0 Å². The van der Waals surface area contributed by atoms with Crippen LogP contribution in [0.25, 0.3) is 27.8 Å². The molecule has 0 atom stereocenters. The number of fused-ring (bicyclic) bond motifs is 1. The van der Waals surface area contributed by atoms with Crippen molar-refractivity contribution in [3.8, 4) is 10.7 Å². The SMILES string of the molecule is Cc1ccsc1-c1nnc2sc(C=Cc3ccco3)nn12. The van der Waals surface area contributed by atoms with Crippen LogP contribution < -0.4 is 0 Å². The Hall–Kier alpha value is -2.25. The van der Waals surface area contributed by atoms with Gasteiger partial charge in [0.05, 0.1) is 11.1 Å². The summed E-state index contributed by atoms with van der Waals surface area (Å²) in [5.41, 5.74) is 1.19. The Morgan fingerprint density at radius 2 is 2.19 bits per heavy atom. The maximum atomic E-state index is 5.27. The first-order valence-electron chi connectivity index (χ1n) is 6.29. The fourth-order valence-corrected chi connectivity index (χ4v) is 3.62. The molecule has 0 aliphatic heterocycles. The van der Waals surface area contributed by atoms with Gasteiger partial charge in [0.2, 0.25) is 4.96 Å². The minimum absolute atomic E-state index is 0.789. The molecule has 0 amide bonds. The second-order valence-corrected chi connectivity index (χ2v) is 6.34. The average molecular weight is 314 g/mol. The lowest BCUT2D eigenvalue weighted by Gasteiger charge is -1.93. The Morgan fingerprint density at radius 1 is 1.24 bits per heavy atom. The van der Waals surface area contributed by atoms with Crippen LogP contribution in [-0.4, -0.2) is 19.8 Å². The topological polar surface area (TPSA) is 56.2 Å². The molecule has 0 radical (unpaired) electrons. The van der Waals surface area contributed by atoms with E-state index in [2.05, 4.69) is 33.7 Å². The van der Waals surface area contributed by atoms with Gasteiger partial charge in [-0.3, -0.25) is 0 Å². The molecule has 0 aliphatic rings. The molecule has 5 nitrogen and oxygen atoms in total. The lowest BCUT2D eigenvalue weighted by molar-refractivity contribution is 0.557. The zero-order valence-corrected chi connectivity index (χ0v) is 12.7. The zero-order valence-electron chi connectivity index (χ0n) is 11.1. The molecule has 0 saturated heterocycles. The van der Waals surface area contributed by atoms with Crippen LogP contribution in [0.3, 0.4) is 0 Å². The summed E-state index contributed by atoms with van der Waals surface area (Å²) in [6.45, 7) is 2.07. The van der Waals surface area contributed by atoms with E-state index in [0.29, 0.717) is 0 Å². The van der Waals surface area contributed by atoms with Gasteiger partial charge in [0, 0.05) is 0 Å². The molecule has 0 N–H and O–H groups in total. The average Bonchev–Trinajstić information content (AvgIpc) is 3.20. The number of furan rings is 1. The highest BCUT2D eigenvalue weighted by Gasteiger charge is 2.15. The van der Waals surface area contributed by atoms with Gasteiger partial charge >= 0.3 is 0 Å². The normalized spacial score (nSPS) is 11.9. The standard InChI is InChI=1S/C14H10N4OS2/c1-9-6-8-20-12(9)13-15-16-14-18(13)17-11(21-14)5-4-10-3-2-7-19-10/h2-8H,1H3. The van der Waals surface area contributed by atoms with Crippen molar-refractivity contribution in [3.63, 3.8) is 0 Å². The van der Waals surface area contributed by atoms with Gasteiger partial charge in [-0.2, -0.15) is 9.61 Å². The number of hydrogen-bond acceptors (Lipinski definition) is 6. The summed E-state index contributed by atoms with van der Waals surface area (Å²) in [5, 5.41) is 15.9. The molecule has 4 aromatic heterocycles. The van der Waals surface area contributed by atoms with Crippen LogP contribution in [0.5, 0.6) is 0 Å². The second-order valence-electron chi connectivity index (χ2n) is 4.44. The lowest BCUT2D eigenvalue weighted by Crippen LogP contribution is -1.89. The maximum Gasteiger partial charge on any atom is 0.235 e. The molecular weight excluding hydrogens is 304 g/mol. The summed E-state index contributed by atoms with van der Waals surface area (Å²) >= 11 is 3.15. The van der Waals surface area contributed by atoms with E-state index in [1.807, 2.05) is 24.3 Å². The number of rotatable bonds is 3. The van der Waals surface area contributed by atoms with E-state index < -0.39 is 0 Å². The third-order valence-corrected chi connectivity index (χ3v) is 4.88. The number of nitrogens with zero attached hydrogens (tertiary/aromatic N) is 4. The predicted molar refractivity (Wildman–Crippen MR) is 84.3 cm³/mol. The number of aryl methyl sites for hydroxylation is 1. The molecule has 4 aromatic rings. The van der Waals surface area contributed by atoms with Crippen molar-refractivity contribution in [1.82, 2.24) is 19.8 Å². The molecule has 7 heteroatoms. The summed E-state index contributed by atoms with van der Waals surface area (Å²) < 4.78 is 7.06. The van der Waals surface area contributed by atoms with Crippen molar-refractivity contribution < 1.29 is 4.42 Å². The Kier molecular flexibility index (Phi) is 2.94. The Bertz CT molecular complexity index is 914. The third kappa shape index (κ3) is 2.20. The van der Waals surface area contributed by atoms with E-state index in [4.69, 9.17) is 4.42 Å². The highest BCUT2D eigenvalue weighted by Crippen LogP contribution is 2.29. The maximum absolute atomic E-state index is 5.27. The molecule has 104 valence electrons. The molecule has 4 heterocycles. The fourth-order valence-electron chi connectivity index (χ4n) is 1.98. The summed E-state index contributed by atoms with van der Waals surface area (Å²) in [4.78, 5) is 1.89. The molecule has 0 bridgehead atoms. The van der Waals surface area contributed by atoms with Crippen molar-refractivity contribution in [1.29, 1.82) is 0 Å². The third-order valence-electron chi connectivity index (χ3n) is 3.01. The summed E-state index contributed by atoms with van der Waals surface area (Å²) in [6.07, 6.45) is 5.46. The summed E-state index contributed by atoms with van der Waals surface area (Å²) in [7, 11) is 0. The van der Waals surface area contributed by atoms with E-state index in [0.717, 1.165) is 26.4 Å². The van der Waals surface area contributed by atoms with Gasteiger partial charge < -0.3 is 4.42 Å². The Labute approximate surface area is 128 Å². The molecule has 0 unspecified atom stereocenters. The van der Waals surface area contributed by atoms with Crippen molar-refractivity contribution in [2.75, 3.05) is 0 Å². The van der Waals surface area contributed by atoms with Gasteiger partial charge in [0.1, 0.15) is 10.8 Å². The number of hydrogen-bond donors (Lipinski definition) is 0. The molecule has 0 fully saturated rings. The van der Waals surface area contributed by atoms with E-state index in [1.165, 1.54) is 16.9 Å². The van der Waals surface area contributed by atoms with E-state index >= 15 is 0 Å². The minimum Gasteiger partial charge on any atom is -0.465 e. The van der Waals surface area contributed by atoms with Crippen LogP contribution in [0.1, 0.15) is 16.3 Å². The van der Waals surface area contributed by atoms with Crippen LogP contribution in [-0.2, 0) is 0 Å². The molecule has 21 heavy (non-hydrogen) atoms. The smallest absolute Gasteiger partial charge is 0.235 e. The van der Waals surface area contributed by atoms with Crippen molar-refractivity contribution >= 4 is 39.8 Å². The van der Waals surface area contributed by atoms with Gasteiger partial charge in [-0.05, 0) is 48.2 Å². The minimum atomic E-state index is 0.789. The van der Waals surface area contributed by atoms with Gasteiger partial charge in [0.25, 0.3) is 0 Å². The molecule has 0 spiro atoms.